The Kier molecular flexibility index (Phi) is 5.89. The molecule has 5 nitrogen and oxygen atoms in total. The predicted octanol–water partition coefficient (Wildman–Crippen LogP) is 3.64. The highest BCUT2D eigenvalue weighted by molar-refractivity contribution is 6.01. The van der Waals surface area contributed by atoms with Crippen LogP contribution in [-0.2, 0) is 16.0 Å². The fourth-order valence-electron chi connectivity index (χ4n) is 3.16. The number of nitrogens with one attached hydrogen (secondary N) is 1. The van der Waals surface area contributed by atoms with Gasteiger partial charge in [0.25, 0.3) is 0 Å². The molecule has 0 saturated carbocycles. The van der Waals surface area contributed by atoms with E-state index in [0.29, 0.717) is 17.9 Å². The monoisotopic (exact) mass is 352 g/mol. The molecule has 1 aliphatic rings. The van der Waals surface area contributed by atoms with Crippen LogP contribution in [0.4, 0.5) is 11.4 Å². The Morgan fingerprint density at radius 3 is 2.42 bits per heavy atom. The molecular formula is C21H24N2O3. The second-order valence-corrected chi connectivity index (χ2v) is 6.35. The number of rotatable bonds is 6. The van der Waals surface area contributed by atoms with Gasteiger partial charge in [-0.3, -0.25) is 4.79 Å². The lowest BCUT2D eigenvalue weighted by atomic mass is 10.1. The molecular weight excluding hydrogens is 328 g/mol. The van der Waals surface area contributed by atoms with Gasteiger partial charge >= 0.3 is 5.97 Å². The standard InChI is InChI=1S/C21H24N2O3/c1-2-26-21(25)18-7-3-4-8-19(18)22-20(24)15-16-9-11-17(12-10-16)23-13-5-6-14-23/h3-4,7-12H,2,5-6,13-15H2,1H3,(H,22,24). The van der Waals surface area contributed by atoms with Gasteiger partial charge in [-0.15, -0.1) is 0 Å². The van der Waals surface area contributed by atoms with Crippen molar-refractivity contribution in [3.8, 4) is 0 Å². The number of carbonyl (C=O) groups excluding carboxylic acids is 2. The highest BCUT2D eigenvalue weighted by atomic mass is 16.5. The zero-order valence-electron chi connectivity index (χ0n) is 15.0. The number of amides is 1. The maximum atomic E-state index is 12.4. The average molecular weight is 352 g/mol. The molecule has 0 spiro atoms. The highest BCUT2D eigenvalue weighted by Gasteiger charge is 2.15. The van der Waals surface area contributed by atoms with Crippen molar-refractivity contribution in [3.05, 3.63) is 59.7 Å². The molecule has 0 bridgehead atoms. The molecule has 2 aromatic rings. The van der Waals surface area contributed by atoms with Crippen molar-refractivity contribution in [2.45, 2.75) is 26.2 Å². The van der Waals surface area contributed by atoms with Crippen LogP contribution in [-0.4, -0.2) is 31.6 Å². The van der Waals surface area contributed by atoms with E-state index in [-0.39, 0.29) is 12.3 Å². The fourth-order valence-corrected chi connectivity index (χ4v) is 3.16. The molecule has 0 unspecified atom stereocenters. The summed E-state index contributed by atoms with van der Waals surface area (Å²) in [6.07, 6.45) is 2.74. The maximum Gasteiger partial charge on any atom is 0.340 e. The second kappa shape index (κ2) is 8.52. The van der Waals surface area contributed by atoms with E-state index in [4.69, 9.17) is 4.74 Å². The summed E-state index contributed by atoms with van der Waals surface area (Å²) in [5, 5.41) is 2.82. The van der Waals surface area contributed by atoms with Crippen LogP contribution in [0.1, 0.15) is 35.7 Å². The van der Waals surface area contributed by atoms with Gasteiger partial charge in [0.05, 0.1) is 24.3 Å². The fraction of sp³-hybridized carbons (Fsp3) is 0.333. The van der Waals surface area contributed by atoms with Crippen LogP contribution in [0.15, 0.2) is 48.5 Å². The summed E-state index contributed by atoms with van der Waals surface area (Å²) in [4.78, 5) is 26.7. The molecule has 0 aromatic heterocycles. The Hall–Kier alpha value is -2.82. The van der Waals surface area contributed by atoms with Crippen molar-refractivity contribution in [1.29, 1.82) is 0 Å². The minimum absolute atomic E-state index is 0.157. The first-order valence-electron chi connectivity index (χ1n) is 9.07. The number of ether oxygens (including phenoxy) is 1. The predicted molar refractivity (Wildman–Crippen MR) is 103 cm³/mol. The summed E-state index contributed by atoms with van der Waals surface area (Å²) in [6.45, 7) is 4.25. The van der Waals surface area contributed by atoms with E-state index in [9.17, 15) is 9.59 Å². The lowest BCUT2D eigenvalue weighted by Crippen LogP contribution is -2.18. The largest absolute Gasteiger partial charge is 0.462 e. The molecule has 1 aliphatic heterocycles. The maximum absolute atomic E-state index is 12.4. The van der Waals surface area contributed by atoms with Crippen LogP contribution in [0.3, 0.4) is 0 Å². The van der Waals surface area contributed by atoms with E-state index >= 15 is 0 Å². The molecule has 2 aromatic carbocycles. The first kappa shape index (κ1) is 18.0. The Balaban J connectivity index is 1.63. The van der Waals surface area contributed by atoms with E-state index in [2.05, 4.69) is 22.3 Å². The summed E-state index contributed by atoms with van der Waals surface area (Å²) in [6, 6.07) is 15.0. The van der Waals surface area contributed by atoms with Crippen LogP contribution in [0.5, 0.6) is 0 Å². The van der Waals surface area contributed by atoms with Gasteiger partial charge in [0.1, 0.15) is 0 Å². The third-order valence-corrected chi connectivity index (χ3v) is 4.47. The van der Waals surface area contributed by atoms with Crippen molar-refractivity contribution in [2.24, 2.45) is 0 Å². The van der Waals surface area contributed by atoms with Gasteiger partial charge in [0.15, 0.2) is 0 Å². The zero-order valence-corrected chi connectivity index (χ0v) is 15.0. The first-order chi connectivity index (χ1) is 12.7. The van der Waals surface area contributed by atoms with Crippen LogP contribution in [0.25, 0.3) is 0 Å². The minimum Gasteiger partial charge on any atom is -0.462 e. The molecule has 26 heavy (non-hydrogen) atoms. The number of esters is 1. The number of hydrogen-bond donors (Lipinski definition) is 1. The minimum atomic E-state index is -0.432. The molecule has 5 heteroatoms. The SMILES string of the molecule is CCOC(=O)c1ccccc1NC(=O)Cc1ccc(N2CCCC2)cc1. The summed E-state index contributed by atoms with van der Waals surface area (Å²) in [5.41, 5.74) is 3.00. The summed E-state index contributed by atoms with van der Waals surface area (Å²) < 4.78 is 5.04. The van der Waals surface area contributed by atoms with E-state index < -0.39 is 5.97 Å². The van der Waals surface area contributed by atoms with Crippen molar-refractivity contribution in [1.82, 2.24) is 0 Å². The van der Waals surface area contributed by atoms with Gasteiger partial charge in [0.2, 0.25) is 5.91 Å². The molecule has 0 atom stereocenters. The number of anilines is 2. The lowest BCUT2D eigenvalue weighted by molar-refractivity contribution is -0.115. The number of para-hydroxylation sites is 1. The van der Waals surface area contributed by atoms with Crippen LogP contribution < -0.4 is 10.2 Å². The Morgan fingerprint density at radius 1 is 1.04 bits per heavy atom. The summed E-state index contributed by atoms with van der Waals surface area (Å²) in [7, 11) is 0. The quantitative estimate of drug-likeness (QED) is 0.807. The van der Waals surface area contributed by atoms with Gasteiger partial charge in [0, 0.05) is 18.8 Å². The van der Waals surface area contributed by atoms with Gasteiger partial charge in [-0.25, -0.2) is 4.79 Å². The normalized spacial score (nSPS) is 13.5. The lowest BCUT2D eigenvalue weighted by Gasteiger charge is -2.17. The molecule has 1 fully saturated rings. The first-order valence-corrected chi connectivity index (χ1v) is 9.07. The van der Waals surface area contributed by atoms with E-state index in [1.807, 2.05) is 12.1 Å². The number of hydrogen-bond acceptors (Lipinski definition) is 4. The third kappa shape index (κ3) is 4.42. The van der Waals surface area contributed by atoms with Crippen LogP contribution in [0, 0.1) is 0 Å². The van der Waals surface area contributed by atoms with E-state index in [1.165, 1.54) is 18.5 Å². The molecule has 3 rings (SSSR count). The van der Waals surface area contributed by atoms with Gasteiger partial charge in [-0.1, -0.05) is 24.3 Å². The number of nitrogens with zero attached hydrogens (tertiary/aromatic N) is 1. The van der Waals surface area contributed by atoms with Crippen LogP contribution in [0.2, 0.25) is 0 Å². The van der Waals surface area contributed by atoms with Crippen molar-refractivity contribution >= 4 is 23.3 Å². The summed E-state index contributed by atoms with van der Waals surface area (Å²) >= 11 is 0. The Bertz CT molecular complexity index is 765. The van der Waals surface area contributed by atoms with E-state index in [0.717, 1.165) is 18.7 Å². The molecule has 1 saturated heterocycles. The number of benzene rings is 2. The number of carbonyl (C=O) groups is 2. The Labute approximate surface area is 154 Å². The molecule has 136 valence electrons. The van der Waals surface area contributed by atoms with Crippen molar-refractivity contribution in [3.63, 3.8) is 0 Å². The molecule has 0 aliphatic carbocycles. The zero-order chi connectivity index (χ0) is 18.4. The molecule has 1 amide bonds. The van der Waals surface area contributed by atoms with Crippen LogP contribution >= 0.6 is 0 Å². The average Bonchev–Trinajstić information content (AvgIpc) is 3.17. The van der Waals surface area contributed by atoms with Gasteiger partial charge in [-0.2, -0.15) is 0 Å². The molecule has 0 radical (unpaired) electrons. The van der Waals surface area contributed by atoms with E-state index in [1.54, 1.807) is 31.2 Å². The highest BCUT2D eigenvalue weighted by Crippen LogP contribution is 2.21. The molecule has 1 heterocycles. The van der Waals surface area contributed by atoms with Crippen molar-refractivity contribution in [2.75, 3.05) is 29.9 Å². The molecule has 1 N–H and O–H groups in total. The topological polar surface area (TPSA) is 58.6 Å². The Morgan fingerprint density at radius 2 is 1.73 bits per heavy atom. The van der Waals surface area contributed by atoms with Crippen molar-refractivity contribution < 1.29 is 14.3 Å². The van der Waals surface area contributed by atoms with Gasteiger partial charge < -0.3 is 15.0 Å². The van der Waals surface area contributed by atoms with Gasteiger partial charge in [-0.05, 0) is 49.6 Å². The summed E-state index contributed by atoms with van der Waals surface area (Å²) in [5.74, 6) is -0.589. The third-order valence-electron chi connectivity index (χ3n) is 4.47. The second-order valence-electron chi connectivity index (χ2n) is 6.35. The smallest absolute Gasteiger partial charge is 0.340 e.